The van der Waals surface area contributed by atoms with E-state index >= 15 is 0 Å². The topological polar surface area (TPSA) is 29.5 Å². The van der Waals surface area contributed by atoms with Crippen LogP contribution in [0.15, 0.2) is 28.7 Å². The average molecular weight is 340 g/mol. The van der Waals surface area contributed by atoms with Crippen molar-refractivity contribution in [2.45, 2.75) is 32.3 Å². The minimum Gasteiger partial charge on any atom is -0.377 e. The largest absolute Gasteiger partial charge is 0.377 e. The van der Waals surface area contributed by atoms with Crippen molar-refractivity contribution in [3.63, 3.8) is 0 Å². The molecule has 1 aliphatic rings. The van der Waals surface area contributed by atoms with Gasteiger partial charge in [-0.3, -0.25) is 4.79 Å². The third kappa shape index (κ3) is 4.40. The number of halogens is 1. The van der Waals surface area contributed by atoms with Crippen molar-refractivity contribution in [1.82, 2.24) is 4.90 Å². The van der Waals surface area contributed by atoms with Crippen LogP contribution in [-0.4, -0.2) is 43.0 Å². The maximum atomic E-state index is 12.2. The summed E-state index contributed by atoms with van der Waals surface area (Å²) in [5.41, 5.74) is 0.783. The Hall–Kier alpha value is -0.710. The number of piperidine rings is 1. The lowest BCUT2D eigenvalue weighted by Gasteiger charge is -2.32. The van der Waals surface area contributed by atoms with Gasteiger partial charge < -0.3 is 9.64 Å². The van der Waals surface area contributed by atoms with Crippen molar-refractivity contribution in [1.29, 1.82) is 0 Å². The van der Waals surface area contributed by atoms with Crippen molar-refractivity contribution in [3.8, 4) is 0 Å². The fraction of sp³-hybridized carbons (Fsp3) is 0.562. The molecule has 1 fully saturated rings. The molecule has 2 rings (SSSR count). The standard InChI is InChI=1S/C16H22BrNO2/c1-2-20-13-6-5-10-18(12-13)11-9-16(19)14-7-3-4-8-15(14)17/h3-4,7-8,13H,2,5-6,9-12H2,1H3. The first kappa shape index (κ1) is 15.7. The molecular formula is C16H22BrNO2. The quantitative estimate of drug-likeness (QED) is 0.742. The summed E-state index contributed by atoms with van der Waals surface area (Å²) < 4.78 is 6.57. The number of ether oxygens (including phenoxy) is 1. The Balaban J connectivity index is 1.83. The summed E-state index contributed by atoms with van der Waals surface area (Å²) in [6, 6.07) is 7.63. The Bertz CT molecular complexity index is 448. The Morgan fingerprint density at radius 3 is 3.00 bits per heavy atom. The number of rotatable bonds is 6. The lowest BCUT2D eigenvalue weighted by molar-refractivity contribution is 0.00589. The van der Waals surface area contributed by atoms with E-state index < -0.39 is 0 Å². The van der Waals surface area contributed by atoms with Gasteiger partial charge in [-0.2, -0.15) is 0 Å². The molecule has 4 heteroatoms. The third-order valence-corrected chi connectivity index (χ3v) is 4.39. The zero-order chi connectivity index (χ0) is 14.4. The number of Topliss-reactive ketones (excluding diaryl/α,β-unsaturated/α-hetero) is 1. The van der Waals surface area contributed by atoms with Gasteiger partial charge in [0.25, 0.3) is 0 Å². The zero-order valence-corrected chi connectivity index (χ0v) is 13.6. The predicted octanol–water partition coefficient (Wildman–Crippen LogP) is 3.52. The van der Waals surface area contributed by atoms with E-state index in [4.69, 9.17) is 4.74 Å². The molecule has 0 bridgehead atoms. The zero-order valence-electron chi connectivity index (χ0n) is 12.0. The van der Waals surface area contributed by atoms with Crippen molar-refractivity contribution in [2.24, 2.45) is 0 Å². The molecule has 0 N–H and O–H groups in total. The summed E-state index contributed by atoms with van der Waals surface area (Å²) in [4.78, 5) is 14.6. The Kier molecular flexibility index (Phi) is 6.20. The van der Waals surface area contributed by atoms with E-state index in [2.05, 4.69) is 20.8 Å². The first-order valence-corrected chi connectivity index (χ1v) is 8.11. The molecule has 0 aliphatic carbocycles. The second-order valence-corrected chi connectivity index (χ2v) is 6.03. The van der Waals surface area contributed by atoms with Crippen molar-refractivity contribution >= 4 is 21.7 Å². The first-order valence-electron chi connectivity index (χ1n) is 7.32. The molecule has 110 valence electrons. The highest BCUT2D eigenvalue weighted by atomic mass is 79.9. The minimum absolute atomic E-state index is 0.205. The van der Waals surface area contributed by atoms with Gasteiger partial charge in [0.05, 0.1) is 6.10 Å². The number of hydrogen-bond donors (Lipinski definition) is 0. The van der Waals surface area contributed by atoms with Gasteiger partial charge >= 0.3 is 0 Å². The van der Waals surface area contributed by atoms with E-state index in [1.54, 1.807) is 0 Å². The molecule has 20 heavy (non-hydrogen) atoms. The average Bonchev–Trinajstić information content (AvgIpc) is 2.46. The first-order chi connectivity index (χ1) is 9.70. The van der Waals surface area contributed by atoms with Crippen LogP contribution in [0.25, 0.3) is 0 Å². The lowest BCUT2D eigenvalue weighted by atomic mass is 10.1. The summed E-state index contributed by atoms with van der Waals surface area (Å²) in [6.45, 7) is 5.66. The molecule has 1 aromatic carbocycles. The Morgan fingerprint density at radius 2 is 2.25 bits per heavy atom. The highest BCUT2D eigenvalue weighted by molar-refractivity contribution is 9.10. The number of carbonyl (C=O) groups excluding carboxylic acids is 1. The van der Waals surface area contributed by atoms with Crippen LogP contribution < -0.4 is 0 Å². The van der Waals surface area contributed by atoms with Gasteiger partial charge in [0.2, 0.25) is 0 Å². The normalized spacial score (nSPS) is 20.0. The van der Waals surface area contributed by atoms with E-state index in [0.717, 1.165) is 49.1 Å². The number of benzene rings is 1. The van der Waals surface area contributed by atoms with E-state index in [-0.39, 0.29) is 5.78 Å². The molecule has 0 radical (unpaired) electrons. The Labute approximate surface area is 129 Å². The molecule has 0 spiro atoms. The van der Waals surface area contributed by atoms with Crippen LogP contribution in [0.1, 0.15) is 36.5 Å². The molecule has 0 amide bonds. The summed E-state index contributed by atoms with van der Waals surface area (Å²) >= 11 is 3.44. The van der Waals surface area contributed by atoms with Gasteiger partial charge in [-0.05, 0) is 32.4 Å². The van der Waals surface area contributed by atoms with Gasteiger partial charge in [-0.25, -0.2) is 0 Å². The SMILES string of the molecule is CCOC1CCCN(CCC(=O)c2ccccc2Br)C1. The molecule has 0 saturated carbocycles. The third-order valence-electron chi connectivity index (χ3n) is 3.69. The molecule has 1 unspecified atom stereocenters. The van der Waals surface area contributed by atoms with Crippen LogP contribution in [0.3, 0.4) is 0 Å². The summed E-state index contributed by atoms with van der Waals surface area (Å²) in [5.74, 6) is 0.205. The maximum Gasteiger partial charge on any atom is 0.165 e. The van der Waals surface area contributed by atoms with Crippen LogP contribution in [0, 0.1) is 0 Å². The molecule has 1 saturated heterocycles. The highest BCUT2D eigenvalue weighted by Crippen LogP contribution is 2.19. The molecule has 1 heterocycles. The summed E-state index contributed by atoms with van der Waals surface area (Å²) in [7, 11) is 0. The van der Waals surface area contributed by atoms with Gasteiger partial charge in [0.15, 0.2) is 5.78 Å². The van der Waals surface area contributed by atoms with E-state index in [9.17, 15) is 4.79 Å². The van der Waals surface area contributed by atoms with Gasteiger partial charge in [0, 0.05) is 36.2 Å². The molecule has 1 aromatic rings. The molecule has 1 aliphatic heterocycles. The van der Waals surface area contributed by atoms with Gasteiger partial charge in [-0.1, -0.05) is 34.1 Å². The van der Waals surface area contributed by atoms with E-state index in [1.165, 1.54) is 0 Å². The van der Waals surface area contributed by atoms with Crippen molar-refractivity contribution in [2.75, 3.05) is 26.2 Å². The van der Waals surface area contributed by atoms with Gasteiger partial charge in [0.1, 0.15) is 0 Å². The predicted molar refractivity (Wildman–Crippen MR) is 84.2 cm³/mol. The van der Waals surface area contributed by atoms with Crippen LogP contribution in [0.2, 0.25) is 0 Å². The summed E-state index contributed by atoms with van der Waals surface area (Å²) in [5, 5.41) is 0. The van der Waals surface area contributed by atoms with Crippen LogP contribution >= 0.6 is 15.9 Å². The number of carbonyl (C=O) groups is 1. The monoisotopic (exact) mass is 339 g/mol. The molecule has 3 nitrogen and oxygen atoms in total. The fourth-order valence-electron chi connectivity index (χ4n) is 2.67. The molecule has 1 atom stereocenters. The number of hydrogen-bond acceptors (Lipinski definition) is 3. The van der Waals surface area contributed by atoms with E-state index in [1.807, 2.05) is 31.2 Å². The van der Waals surface area contributed by atoms with Gasteiger partial charge in [-0.15, -0.1) is 0 Å². The van der Waals surface area contributed by atoms with Crippen molar-refractivity contribution < 1.29 is 9.53 Å². The Morgan fingerprint density at radius 1 is 1.45 bits per heavy atom. The second kappa shape index (κ2) is 7.91. The van der Waals surface area contributed by atoms with E-state index in [0.29, 0.717) is 12.5 Å². The number of nitrogens with zero attached hydrogens (tertiary/aromatic N) is 1. The van der Waals surface area contributed by atoms with Crippen LogP contribution in [0.5, 0.6) is 0 Å². The van der Waals surface area contributed by atoms with Crippen LogP contribution in [-0.2, 0) is 4.74 Å². The smallest absolute Gasteiger partial charge is 0.165 e. The minimum atomic E-state index is 0.205. The maximum absolute atomic E-state index is 12.2. The second-order valence-electron chi connectivity index (χ2n) is 5.17. The fourth-order valence-corrected chi connectivity index (χ4v) is 3.18. The van der Waals surface area contributed by atoms with Crippen molar-refractivity contribution in [3.05, 3.63) is 34.3 Å². The summed E-state index contributed by atoms with van der Waals surface area (Å²) in [6.07, 6.45) is 3.21. The number of likely N-dealkylation sites (tertiary alicyclic amines) is 1. The molecule has 0 aromatic heterocycles. The van der Waals surface area contributed by atoms with Crippen LogP contribution in [0.4, 0.5) is 0 Å². The number of ketones is 1. The molecular weight excluding hydrogens is 318 g/mol. The lowest BCUT2D eigenvalue weighted by Crippen LogP contribution is -2.40. The highest BCUT2D eigenvalue weighted by Gasteiger charge is 2.20.